The summed E-state index contributed by atoms with van der Waals surface area (Å²) in [6.07, 6.45) is 1.54. The van der Waals surface area contributed by atoms with Crippen LogP contribution in [0.4, 0.5) is 0 Å². The summed E-state index contributed by atoms with van der Waals surface area (Å²) in [5, 5.41) is 20.2. The van der Waals surface area contributed by atoms with Crippen LogP contribution in [0.2, 0.25) is 0 Å². The van der Waals surface area contributed by atoms with Gasteiger partial charge >= 0.3 is 5.97 Å². The number of nitrogens with one attached hydrogen (secondary N) is 1. The lowest BCUT2D eigenvalue weighted by atomic mass is 10.0. The maximum atomic E-state index is 10.2. The molecular formula is C8H17NO3. The van der Waals surface area contributed by atoms with E-state index in [4.69, 9.17) is 10.2 Å². The van der Waals surface area contributed by atoms with E-state index in [1.165, 1.54) is 0 Å². The Hall–Kier alpha value is -0.610. The molecule has 0 rings (SSSR count). The Morgan fingerprint density at radius 1 is 1.50 bits per heavy atom. The van der Waals surface area contributed by atoms with Crippen molar-refractivity contribution in [2.75, 3.05) is 20.2 Å². The fourth-order valence-corrected chi connectivity index (χ4v) is 1.00. The van der Waals surface area contributed by atoms with Gasteiger partial charge < -0.3 is 15.5 Å². The Morgan fingerprint density at radius 2 is 2.17 bits per heavy atom. The van der Waals surface area contributed by atoms with E-state index in [0.717, 1.165) is 13.0 Å². The van der Waals surface area contributed by atoms with Crippen LogP contribution in [0.1, 0.15) is 19.3 Å². The molecule has 1 atom stereocenters. The molecule has 0 aliphatic heterocycles. The number of aliphatic carboxylic acids is 1. The summed E-state index contributed by atoms with van der Waals surface area (Å²) in [4.78, 5) is 10.2. The number of aliphatic hydroxyl groups excluding tert-OH is 1. The highest BCUT2D eigenvalue weighted by molar-refractivity contribution is 5.66. The number of carbonyl (C=O) groups is 1. The number of carboxylic acid groups (broad SMARTS) is 1. The van der Waals surface area contributed by atoms with Crippen molar-refractivity contribution in [2.24, 2.45) is 5.92 Å². The molecule has 0 aromatic rings. The van der Waals surface area contributed by atoms with E-state index < -0.39 is 5.97 Å². The van der Waals surface area contributed by atoms with Crippen molar-refractivity contribution in [2.45, 2.75) is 19.3 Å². The number of carboxylic acids is 1. The van der Waals surface area contributed by atoms with Gasteiger partial charge in [0.1, 0.15) is 0 Å². The molecule has 12 heavy (non-hydrogen) atoms. The molecule has 0 amide bonds. The van der Waals surface area contributed by atoms with Crippen LogP contribution in [0.5, 0.6) is 0 Å². The van der Waals surface area contributed by atoms with Crippen LogP contribution in [0.25, 0.3) is 0 Å². The van der Waals surface area contributed by atoms with Gasteiger partial charge in [-0.25, -0.2) is 0 Å². The molecule has 0 fully saturated rings. The highest BCUT2D eigenvalue weighted by atomic mass is 16.4. The lowest BCUT2D eigenvalue weighted by molar-refractivity contribution is -0.137. The van der Waals surface area contributed by atoms with Gasteiger partial charge in [-0.1, -0.05) is 0 Å². The number of hydrogen-bond acceptors (Lipinski definition) is 3. The zero-order chi connectivity index (χ0) is 9.40. The molecule has 0 aromatic carbocycles. The van der Waals surface area contributed by atoms with Gasteiger partial charge in [0.2, 0.25) is 0 Å². The van der Waals surface area contributed by atoms with Gasteiger partial charge in [0.05, 0.1) is 0 Å². The van der Waals surface area contributed by atoms with Crippen LogP contribution >= 0.6 is 0 Å². The molecule has 0 aliphatic carbocycles. The lowest BCUT2D eigenvalue weighted by Gasteiger charge is -2.11. The molecule has 0 spiro atoms. The maximum absolute atomic E-state index is 10.2. The van der Waals surface area contributed by atoms with Crippen LogP contribution in [-0.4, -0.2) is 36.4 Å². The molecule has 0 saturated carbocycles. The second kappa shape index (κ2) is 7.06. The van der Waals surface area contributed by atoms with E-state index in [2.05, 4.69) is 5.32 Å². The molecule has 0 heterocycles. The molecule has 72 valence electrons. The monoisotopic (exact) mass is 175 g/mol. The van der Waals surface area contributed by atoms with E-state index in [-0.39, 0.29) is 18.9 Å². The normalized spacial score (nSPS) is 12.8. The summed E-state index contributed by atoms with van der Waals surface area (Å²) >= 11 is 0. The molecule has 0 unspecified atom stereocenters. The summed E-state index contributed by atoms with van der Waals surface area (Å²) in [6.45, 7) is 0.903. The number of aliphatic hydroxyl groups is 1. The molecule has 4 heteroatoms. The van der Waals surface area contributed by atoms with Crippen molar-refractivity contribution in [3.63, 3.8) is 0 Å². The van der Waals surface area contributed by atoms with Crippen molar-refractivity contribution in [1.29, 1.82) is 0 Å². The minimum Gasteiger partial charge on any atom is -0.481 e. The van der Waals surface area contributed by atoms with Crippen molar-refractivity contribution >= 4 is 5.97 Å². The van der Waals surface area contributed by atoms with Crippen LogP contribution < -0.4 is 5.32 Å². The van der Waals surface area contributed by atoms with Gasteiger partial charge in [0.15, 0.2) is 0 Å². The molecule has 0 radical (unpaired) electrons. The highest BCUT2D eigenvalue weighted by Crippen LogP contribution is 2.09. The summed E-state index contributed by atoms with van der Waals surface area (Å²) < 4.78 is 0. The van der Waals surface area contributed by atoms with E-state index in [1.807, 2.05) is 7.05 Å². The summed E-state index contributed by atoms with van der Waals surface area (Å²) in [5.41, 5.74) is 0. The third-order valence-electron chi connectivity index (χ3n) is 1.83. The van der Waals surface area contributed by atoms with Crippen LogP contribution in [0.3, 0.4) is 0 Å². The average molecular weight is 175 g/mol. The van der Waals surface area contributed by atoms with Gasteiger partial charge in [-0.3, -0.25) is 4.79 Å². The number of rotatable bonds is 7. The molecular weight excluding hydrogens is 158 g/mol. The summed E-state index contributed by atoms with van der Waals surface area (Å²) in [5.74, 6) is -0.675. The predicted octanol–water partition coefficient (Wildman–Crippen LogP) is 0.0692. The molecule has 4 nitrogen and oxygen atoms in total. The van der Waals surface area contributed by atoms with Crippen molar-refractivity contribution in [3.05, 3.63) is 0 Å². The second-order valence-corrected chi connectivity index (χ2v) is 2.87. The first-order valence-corrected chi connectivity index (χ1v) is 4.18. The maximum Gasteiger partial charge on any atom is 0.303 e. The van der Waals surface area contributed by atoms with Crippen molar-refractivity contribution in [3.8, 4) is 0 Å². The number of hydrogen-bond donors (Lipinski definition) is 3. The van der Waals surface area contributed by atoms with Crippen LogP contribution in [0.15, 0.2) is 0 Å². The third kappa shape index (κ3) is 6.12. The van der Waals surface area contributed by atoms with E-state index in [9.17, 15) is 4.79 Å². The minimum atomic E-state index is -0.794. The summed E-state index contributed by atoms with van der Waals surface area (Å²) in [7, 11) is 1.84. The molecule has 0 saturated heterocycles. The van der Waals surface area contributed by atoms with Crippen molar-refractivity contribution < 1.29 is 15.0 Å². The van der Waals surface area contributed by atoms with Gasteiger partial charge in [-0.05, 0) is 32.4 Å². The first kappa shape index (κ1) is 11.4. The lowest BCUT2D eigenvalue weighted by Crippen LogP contribution is -2.16. The van der Waals surface area contributed by atoms with Gasteiger partial charge in [-0.2, -0.15) is 0 Å². The smallest absolute Gasteiger partial charge is 0.303 e. The fourth-order valence-electron chi connectivity index (χ4n) is 1.00. The standard InChI is InChI=1S/C8H17NO3/c1-9-5-4-7(6-10)2-3-8(11)12/h7,9-10H,2-6H2,1H3,(H,11,12)/t7-/m1/s1. The Morgan fingerprint density at radius 3 is 2.58 bits per heavy atom. The zero-order valence-corrected chi connectivity index (χ0v) is 7.42. The second-order valence-electron chi connectivity index (χ2n) is 2.87. The highest BCUT2D eigenvalue weighted by Gasteiger charge is 2.08. The first-order valence-electron chi connectivity index (χ1n) is 4.18. The van der Waals surface area contributed by atoms with Gasteiger partial charge in [0.25, 0.3) is 0 Å². The van der Waals surface area contributed by atoms with Crippen LogP contribution in [0, 0.1) is 5.92 Å². The summed E-state index contributed by atoms with van der Waals surface area (Å²) in [6, 6.07) is 0. The van der Waals surface area contributed by atoms with Crippen LogP contribution in [-0.2, 0) is 4.79 Å². The quantitative estimate of drug-likeness (QED) is 0.512. The third-order valence-corrected chi connectivity index (χ3v) is 1.83. The Balaban J connectivity index is 3.45. The van der Waals surface area contributed by atoms with E-state index >= 15 is 0 Å². The Kier molecular flexibility index (Phi) is 6.70. The zero-order valence-electron chi connectivity index (χ0n) is 7.42. The Bertz CT molecular complexity index is 127. The van der Waals surface area contributed by atoms with Gasteiger partial charge in [0, 0.05) is 13.0 Å². The predicted molar refractivity (Wildman–Crippen MR) is 46.0 cm³/mol. The van der Waals surface area contributed by atoms with Crippen molar-refractivity contribution in [1.82, 2.24) is 5.32 Å². The van der Waals surface area contributed by atoms with E-state index in [0.29, 0.717) is 6.42 Å². The average Bonchev–Trinajstić information content (AvgIpc) is 2.05. The molecule has 3 N–H and O–H groups in total. The molecule has 0 aliphatic rings. The largest absolute Gasteiger partial charge is 0.481 e. The fraction of sp³-hybridized carbons (Fsp3) is 0.875. The topological polar surface area (TPSA) is 69.6 Å². The first-order chi connectivity index (χ1) is 5.70. The molecule has 0 bridgehead atoms. The molecule has 0 aromatic heterocycles. The minimum absolute atomic E-state index is 0.0783. The SMILES string of the molecule is CNCC[C@H](CO)CCC(=O)O. The van der Waals surface area contributed by atoms with E-state index in [1.54, 1.807) is 0 Å². The van der Waals surface area contributed by atoms with Gasteiger partial charge in [-0.15, -0.1) is 0 Å². The Labute approximate surface area is 72.6 Å².